The van der Waals surface area contributed by atoms with Crippen molar-refractivity contribution in [1.82, 2.24) is 14.7 Å². The van der Waals surface area contributed by atoms with Crippen LogP contribution in [-0.4, -0.2) is 78.9 Å². The van der Waals surface area contributed by atoms with Crippen LogP contribution in [0.4, 0.5) is 5.69 Å². The maximum absolute atomic E-state index is 12.8. The van der Waals surface area contributed by atoms with Gasteiger partial charge in [-0.15, -0.1) is 0 Å². The van der Waals surface area contributed by atoms with Crippen molar-refractivity contribution in [2.24, 2.45) is 0 Å². The summed E-state index contributed by atoms with van der Waals surface area (Å²) >= 11 is 6.23. The van der Waals surface area contributed by atoms with Crippen molar-refractivity contribution in [2.45, 2.75) is 33.1 Å². The van der Waals surface area contributed by atoms with Crippen LogP contribution in [0.1, 0.15) is 30.4 Å². The Kier molecular flexibility index (Phi) is 7.07. The van der Waals surface area contributed by atoms with E-state index in [9.17, 15) is 9.59 Å². The van der Waals surface area contributed by atoms with E-state index in [1.807, 2.05) is 4.90 Å². The fraction of sp³-hybridized carbons (Fsp3) is 0.520. The average Bonchev–Trinajstić information content (AvgIpc) is 3.00. The van der Waals surface area contributed by atoms with Crippen molar-refractivity contribution in [2.75, 3.05) is 57.3 Å². The highest BCUT2D eigenvalue weighted by Crippen LogP contribution is 2.28. The number of rotatable bonds is 4. The standard InChI is InChI=1S/C25H31ClN4O2/c1-19-8-9-21(20(2)18-19)28-16-14-27(15-17-28)10-6-7-13-30-24(31)22(26)23(25(30)32)29-11-4-3-5-12-29/h8-9,18H,3-5,10-17H2,1-2H3. The average molecular weight is 455 g/mol. The quantitative estimate of drug-likeness (QED) is 0.517. The van der Waals surface area contributed by atoms with Crippen LogP contribution < -0.4 is 4.90 Å². The highest BCUT2D eigenvalue weighted by molar-refractivity contribution is 6.47. The van der Waals surface area contributed by atoms with Gasteiger partial charge in [0.15, 0.2) is 0 Å². The van der Waals surface area contributed by atoms with Crippen molar-refractivity contribution in [3.63, 3.8) is 0 Å². The first-order chi connectivity index (χ1) is 15.5. The van der Waals surface area contributed by atoms with E-state index >= 15 is 0 Å². The molecule has 3 heterocycles. The number of imide groups is 1. The van der Waals surface area contributed by atoms with Gasteiger partial charge in [0, 0.05) is 45.0 Å². The molecule has 32 heavy (non-hydrogen) atoms. The summed E-state index contributed by atoms with van der Waals surface area (Å²) in [5.74, 6) is 5.43. The maximum atomic E-state index is 12.8. The van der Waals surface area contributed by atoms with Crippen LogP contribution >= 0.6 is 11.6 Å². The van der Waals surface area contributed by atoms with E-state index < -0.39 is 5.91 Å². The van der Waals surface area contributed by atoms with Gasteiger partial charge in [0.1, 0.15) is 10.7 Å². The molecule has 4 rings (SSSR count). The van der Waals surface area contributed by atoms with Crippen molar-refractivity contribution in [3.05, 3.63) is 40.1 Å². The second kappa shape index (κ2) is 9.97. The van der Waals surface area contributed by atoms with E-state index in [1.165, 1.54) is 21.7 Å². The number of anilines is 1. The van der Waals surface area contributed by atoms with Crippen LogP contribution in [0.25, 0.3) is 0 Å². The summed E-state index contributed by atoms with van der Waals surface area (Å²) in [5, 5.41) is 0.0428. The van der Waals surface area contributed by atoms with Gasteiger partial charge in [0.2, 0.25) is 0 Å². The smallest absolute Gasteiger partial charge is 0.279 e. The molecule has 0 aliphatic carbocycles. The van der Waals surface area contributed by atoms with Crippen LogP contribution in [0.3, 0.4) is 0 Å². The Morgan fingerprint density at radius 2 is 1.53 bits per heavy atom. The Morgan fingerprint density at radius 3 is 2.22 bits per heavy atom. The molecular formula is C25H31ClN4O2. The molecule has 170 valence electrons. The van der Waals surface area contributed by atoms with Gasteiger partial charge in [-0.1, -0.05) is 41.1 Å². The molecule has 0 atom stereocenters. The van der Waals surface area contributed by atoms with E-state index in [0.717, 1.165) is 58.5 Å². The largest absolute Gasteiger partial charge is 0.369 e. The van der Waals surface area contributed by atoms with Crippen molar-refractivity contribution >= 4 is 29.1 Å². The highest BCUT2D eigenvalue weighted by Gasteiger charge is 2.40. The second-order valence-corrected chi connectivity index (χ2v) is 9.19. The summed E-state index contributed by atoms with van der Waals surface area (Å²) in [7, 11) is 0. The molecule has 3 aliphatic rings. The topological polar surface area (TPSA) is 47.1 Å². The third kappa shape index (κ3) is 4.79. The predicted molar refractivity (Wildman–Crippen MR) is 127 cm³/mol. The number of hydrogen-bond donors (Lipinski definition) is 0. The molecule has 0 radical (unpaired) electrons. The first-order valence-electron chi connectivity index (χ1n) is 11.5. The second-order valence-electron chi connectivity index (χ2n) is 8.81. The molecule has 1 aromatic rings. The summed E-state index contributed by atoms with van der Waals surface area (Å²) in [5.41, 5.74) is 4.27. The minimum atomic E-state index is -0.423. The van der Waals surface area contributed by atoms with Crippen LogP contribution in [0.5, 0.6) is 0 Å². The van der Waals surface area contributed by atoms with E-state index in [4.69, 9.17) is 11.6 Å². The Labute approximate surface area is 195 Å². The molecule has 2 fully saturated rings. The molecule has 0 bridgehead atoms. The summed E-state index contributed by atoms with van der Waals surface area (Å²) in [4.78, 5) is 33.1. The number of carbonyl (C=O) groups excluding carboxylic acids is 2. The first kappa shape index (κ1) is 22.7. The number of carbonyl (C=O) groups is 2. The Morgan fingerprint density at radius 1 is 0.844 bits per heavy atom. The Balaban J connectivity index is 1.27. The van der Waals surface area contributed by atoms with Crippen LogP contribution in [0.2, 0.25) is 0 Å². The highest BCUT2D eigenvalue weighted by atomic mass is 35.5. The first-order valence-corrected chi connectivity index (χ1v) is 11.8. The third-order valence-electron chi connectivity index (χ3n) is 6.49. The Bertz CT molecular complexity index is 979. The summed E-state index contributed by atoms with van der Waals surface area (Å²) in [6.45, 7) is 10.4. The minimum Gasteiger partial charge on any atom is -0.369 e. The number of nitrogens with zero attached hydrogens (tertiary/aromatic N) is 4. The molecule has 6 nitrogen and oxygen atoms in total. The molecular weight excluding hydrogens is 424 g/mol. The number of aryl methyl sites for hydroxylation is 2. The zero-order chi connectivity index (χ0) is 22.7. The SMILES string of the molecule is Cc1ccc(N2CCN(CC#CCN3C(=O)C(Cl)=C(N4CCCCC4)C3=O)CC2)c(C)c1. The fourth-order valence-electron chi connectivity index (χ4n) is 4.68. The van der Waals surface area contributed by atoms with Gasteiger partial charge in [0.25, 0.3) is 11.8 Å². The number of likely N-dealkylation sites (tertiary alicyclic amines) is 1. The summed E-state index contributed by atoms with van der Waals surface area (Å²) < 4.78 is 0. The van der Waals surface area contributed by atoms with Gasteiger partial charge in [0.05, 0.1) is 13.1 Å². The molecule has 1 aromatic carbocycles. The van der Waals surface area contributed by atoms with Crippen LogP contribution in [-0.2, 0) is 9.59 Å². The number of hydrogen-bond acceptors (Lipinski definition) is 5. The predicted octanol–water partition coefficient (Wildman–Crippen LogP) is 2.73. The minimum absolute atomic E-state index is 0.0428. The number of amides is 2. The molecule has 0 spiro atoms. The van der Waals surface area contributed by atoms with E-state index in [-0.39, 0.29) is 17.5 Å². The third-order valence-corrected chi connectivity index (χ3v) is 6.83. The monoisotopic (exact) mass is 454 g/mol. The number of piperazine rings is 1. The van der Waals surface area contributed by atoms with E-state index in [2.05, 4.69) is 53.7 Å². The molecule has 0 saturated carbocycles. The number of benzene rings is 1. The normalized spacial score (nSPS) is 20.2. The summed E-state index contributed by atoms with van der Waals surface area (Å²) in [6.07, 6.45) is 3.19. The van der Waals surface area contributed by atoms with Gasteiger partial charge in [-0.3, -0.25) is 19.4 Å². The number of halogens is 1. The number of piperidine rings is 1. The lowest BCUT2D eigenvalue weighted by Crippen LogP contribution is -2.46. The molecule has 2 saturated heterocycles. The van der Waals surface area contributed by atoms with Crippen molar-refractivity contribution < 1.29 is 9.59 Å². The van der Waals surface area contributed by atoms with Gasteiger partial charge in [-0.25, -0.2) is 0 Å². The van der Waals surface area contributed by atoms with Gasteiger partial charge >= 0.3 is 0 Å². The molecule has 0 N–H and O–H groups in total. The lowest BCUT2D eigenvalue weighted by atomic mass is 10.1. The van der Waals surface area contributed by atoms with Crippen molar-refractivity contribution in [3.8, 4) is 11.8 Å². The van der Waals surface area contributed by atoms with Gasteiger partial charge in [-0.05, 0) is 44.7 Å². The fourth-order valence-corrected chi connectivity index (χ4v) is 4.98. The van der Waals surface area contributed by atoms with Crippen LogP contribution in [0, 0.1) is 25.7 Å². The molecule has 0 unspecified atom stereocenters. The van der Waals surface area contributed by atoms with E-state index in [0.29, 0.717) is 12.2 Å². The van der Waals surface area contributed by atoms with Crippen LogP contribution in [0.15, 0.2) is 28.9 Å². The van der Waals surface area contributed by atoms with Crippen molar-refractivity contribution in [1.29, 1.82) is 0 Å². The molecule has 7 heteroatoms. The summed E-state index contributed by atoms with van der Waals surface area (Å²) in [6, 6.07) is 6.60. The lowest BCUT2D eigenvalue weighted by Gasteiger charge is -2.36. The maximum Gasteiger partial charge on any atom is 0.279 e. The molecule has 0 aromatic heterocycles. The van der Waals surface area contributed by atoms with E-state index in [1.54, 1.807) is 0 Å². The van der Waals surface area contributed by atoms with Gasteiger partial charge in [-0.2, -0.15) is 0 Å². The molecule has 3 aliphatic heterocycles. The van der Waals surface area contributed by atoms with Gasteiger partial charge < -0.3 is 9.80 Å². The lowest BCUT2D eigenvalue weighted by molar-refractivity contribution is -0.137. The Hall–Kier alpha value is -2.49. The zero-order valence-corrected chi connectivity index (χ0v) is 19.7. The molecule has 2 amide bonds. The zero-order valence-electron chi connectivity index (χ0n) is 19.0.